The number of ether oxygens (including phenoxy) is 1. The summed E-state index contributed by atoms with van der Waals surface area (Å²) in [6.07, 6.45) is 3.91. The van der Waals surface area contributed by atoms with E-state index in [4.69, 9.17) is 9.84 Å². The highest BCUT2D eigenvalue weighted by Crippen LogP contribution is 2.31. The van der Waals surface area contributed by atoms with Gasteiger partial charge in [-0.3, -0.25) is 4.79 Å². The maximum absolute atomic E-state index is 13.4. The lowest BCUT2D eigenvalue weighted by molar-refractivity contribution is -0.114. The first-order valence-corrected chi connectivity index (χ1v) is 11.1. The van der Waals surface area contributed by atoms with Gasteiger partial charge in [0.05, 0.1) is 17.9 Å². The lowest BCUT2D eigenvalue weighted by atomic mass is 10.00. The number of halogens is 1. The molecule has 0 N–H and O–H groups in total. The van der Waals surface area contributed by atoms with Gasteiger partial charge in [-0.05, 0) is 42.8 Å². The van der Waals surface area contributed by atoms with E-state index in [1.807, 2.05) is 84.9 Å². The van der Waals surface area contributed by atoms with Crippen LogP contribution in [0.2, 0.25) is 0 Å². The molecule has 0 saturated heterocycles. The summed E-state index contributed by atoms with van der Waals surface area (Å²) in [5, 5.41) is 6.16. The predicted molar refractivity (Wildman–Crippen MR) is 129 cm³/mol. The van der Waals surface area contributed by atoms with Crippen LogP contribution in [0.1, 0.15) is 30.9 Å². The summed E-state index contributed by atoms with van der Waals surface area (Å²) in [5.74, 6) is 0.590. The van der Waals surface area contributed by atoms with E-state index in [0.29, 0.717) is 17.9 Å². The minimum absolute atomic E-state index is 0.162. The summed E-state index contributed by atoms with van der Waals surface area (Å²) >= 11 is 3.54. The van der Waals surface area contributed by atoms with Crippen LogP contribution < -0.4 is 9.75 Å². The standard InChI is InChI=1S/C26H23BrN2O2/c1-2-3-16-31-24-15-14-21(27)17-20(24)18-23-25(19-10-6-4-7-11-19)28-29(26(23)30)22-12-8-5-9-13-22/h4-15,17-18H,2-3,16H2,1H3. The Bertz CT molecular complexity index is 1120. The summed E-state index contributed by atoms with van der Waals surface area (Å²) in [5.41, 5.74) is 3.65. The molecule has 1 heterocycles. The van der Waals surface area contributed by atoms with Crippen molar-refractivity contribution in [2.75, 3.05) is 11.6 Å². The summed E-state index contributed by atoms with van der Waals surface area (Å²) in [4.78, 5) is 13.4. The maximum Gasteiger partial charge on any atom is 0.281 e. The Balaban J connectivity index is 1.79. The zero-order valence-electron chi connectivity index (χ0n) is 17.3. The van der Waals surface area contributed by atoms with Gasteiger partial charge in [0.15, 0.2) is 0 Å². The Kier molecular flexibility index (Phi) is 6.63. The van der Waals surface area contributed by atoms with Crippen molar-refractivity contribution in [3.63, 3.8) is 0 Å². The quantitative estimate of drug-likeness (QED) is 0.291. The number of benzene rings is 3. The molecule has 4 nitrogen and oxygen atoms in total. The van der Waals surface area contributed by atoms with E-state index in [1.54, 1.807) is 0 Å². The molecule has 1 aliphatic rings. The molecular weight excluding hydrogens is 452 g/mol. The summed E-state index contributed by atoms with van der Waals surface area (Å²) < 4.78 is 6.92. The van der Waals surface area contributed by atoms with Crippen LogP contribution >= 0.6 is 15.9 Å². The molecule has 0 saturated carbocycles. The van der Waals surface area contributed by atoms with E-state index in [2.05, 4.69) is 22.9 Å². The van der Waals surface area contributed by atoms with E-state index in [9.17, 15) is 4.79 Å². The molecule has 0 unspecified atom stereocenters. The van der Waals surface area contributed by atoms with Crippen LogP contribution in [0.3, 0.4) is 0 Å². The Hall–Kier alpha value is -3.18. The maximum atomic E-state index is 13.4. The number of nitrogens with zero attached hydrogens (tertiary/aromatic N) is 2. The first-order valence-electron chi connectivity index (χ1n) is 10.4. The molecule has 0 bridgehead atoms. The molecular formula is C26H23BrN2O2. The fraction of sp³-hybridized carbons (Fsp3) is 0.154. The van der Waals surface area contributed by atoms with Crippen LogP contribution in [-0.4, -0.2) is 18.2 Å². The normalized spacial score (nSPS) is 14.8. The van der Waals surface area contributed by atoms with E-state index < -0.39 is 0 Å². The number of para-hydroxylation sites is 1. The Labute approximate surface area is 191 Å². The first kappa shape index (κ1) is 21.1. The lowest BCUT2D eigenvalue weighted by Gasteiger charge is -2.12. The average molecular weight is 475 g/mol. The monoisotopic (exact) mass is 474 g/mol. The smallest absolute Gasteiger partial charge is 0.281 e. The third-order valence-electron chi connectivity index (χ3n) is 4.95. The van der Waals surface area contributed by atoms with E-state index in [1.165, 1.54) is 5.01 Å². The van der Waals surface area contributed by atoms with Crippen LogP contribution in [-0.2, 0) is 4.79 Å². The van der Waals surface area contributed by atoms with Gasteiger partial charge in [0.1, 0.15) is 11.5 Å². The zero-order valence-corrected chi connectivity index (χ0v) is 18.9. The van der Waals surface area contributed by atoms with Crippen molar-refractivity contribution >= 4 is 39.3 Å². The minimum Gasteiger partial charge on any atom is -0.493 e. The second-order valence-corrected chi connectivity index (χ2v) is 8.12. The SMILES string of the molecule is CCCCOc1ccc(Br)cc1C=C1C(=O)N(c2ccccc2)N=C1c1ccccc1. The van der Waals surface area contributed by atoms with E-state index >= 15 is 0 Å². The summed E-state index contributed by atoms with van der Waals surface area (Å²) in [6.45, 7) is 2.77. The van der Waals surface area contributed by atoms with Crippen molar-refractivity contribution in [3.05, 3.63) is 100 Å². The molecule has 5 heteroatoms. The Morgan fingerprint density at radius 2 is 1.71 bits per heavy atom. The number of amides is 1. The van der Waals surface area contributed by atoms with Crippen LogP contribution in [0.25, 0.3) is 6.08 Å². The number of hydrogen-bond acceptors (Lipinski definition) is 3. The number of carbonyl (C=O) groups excluding carboxylic acids is 1. The average Bonchev–Trinajstić information content (AvgIpc) is 3.13. The van der Waals surface area contributed by atoms with Crippen molar-refractivity contribution in [1.82, 2.24) is 0 Å². The van der Waals surface area contributed by atoms with Crippen LogP contribution in [0, 0.1) is 0 Å². The number of hydrazone groups is 1. The van der Waals surface area contributed by atoms with Gasteiger partial charge in [-0.1, -0.05) is 77.8 Å². The highest BCUT2D eigenvalue weighted by Gasteiger charge is 2.32. The third-order valence-corrected chi connectivity index (χ3v) is 5.45. The molecule has 1 aliphatic heterocycles. The number of rotatable bonds is 7. The Morgan fingerprint density at radius 1 is 1.00 bits per heavy atom. The van der Waals surface area contributed by atoms with Crippen molar-refractivity contribution < 1.29 is 9.53 Å². The minimum atomic E-state index is -0.162. The zero-order chi connectivity index (χ0) is 21.6. The molecule has 156 valence electrons. The van der Waals surface area contributed by atoms with Gasteiger partial charge in [0.2, 0.25) is 0 Å². The fourth-order valence-electron chi connectivity index (χ4n) is 3.34. The predicted octanol–water partition coefficient (Wildman–Crippen LogP) is 6.46. The molecule has 0 atom stereocenters. The number of hydrogen-bond donors (Lipinski definition) is 0. The summed E-state index contributed by atoms with van der Waals surface area (Å²) in [7, 11) is 0. The van der Waals surface area contributed by atoms with Crippen molar-refractivity contribution in [3.8, 4) is 5.75 Å². The molecule has 0 fully saturated rings. The molecule has 0 aliphatic carbocycles. The molecule has 0 radical (unpaired) electrons. The molecule has 3 aromatic rings. The summed E-state index contributed by atoms with van der Waals surface area (Å²) in [6, 6.07) is 25.1. The van der Waals surface area contributed by atoms with E-state index in [0.717, 1.165) is 39.9 Å². The molecule has 0 spiro atoms. The van der Waals surface area contributed by atoms with Crippen LogP contribution in [0.4, 0.5) is 5.69 Å². The van der Waals surface area contributed by atoms with E-state index in [-0.39, 0.29) is 5.91 Å². The van der Waals surface area contributed by atoms with Crippen molar-refractivity contribution in [1.29, 1.82) is 0 Å². The molecule has 4 rings (SSSR count). The fourth-order valence-corrected chi connectivity index (χ4v) is 3.72. The number of carbonyl (C=O) groups is 1. The van der Waals surface area contributed by atoms with Crippen molar-refractivity contribution in [2.24, 2.45) is 5.10 Å². The van der Waals surface area contributed by atoms with Gasteiger partial charge in [-0.2, -0.15) is 10.1 Å². The van der Waals surface area contributed by atoms with Gasteiger partial charge in [-0.25, -0.2) is 0 Å². The second-order valence-electron chi connectivity index (χ2n) is 7.21. The lowest BCUT2D eigenvalue weighted by Crippen LogP contribution is -2.21. The number of anilines is 1. The molecule has 1 amide bonds. The Morgan fingerprint density at radius 3 is 2.42 bits per heavy atom. The third kappa shape index (κ3) is 4.78. The highest BCUT2D eigenvalue weighted by molar-refractivity contribution is 9.10. The topological polar surface area (TPSA) is 41.9 Å². The second kappa shape index (κ2) is 9.75. The van der Waals surface area contributed by atoms with Gasteiger partial charge in [-0.15, -0.1) is 0 Å². The van der Waals surface area contributed by atoms with Gasteiger partial charge < -0.3 is 4.74 Å². The van der Waals surface area contributed by atoms with Gasteiger partial charge in [0.25, 0.3) is 5.91 Å². The van der Waals surface area contributed by atoms with Crippen LogP contribution in [0.15, 0.2) is 94.0 Å². The highest BCUT2D eigenvalue weighted by atomic mass is 79.9. The van der Waals surface area contributed by atoms with Crippen LogP contribution in [0.5, 0.6) is 5.75 Å². The number of unbranched alkanes of at least 4 members (excludes halogenated alkanes) is 1. The first-order chi connectivity index (χ1) is 15.2. The van der Waals surface area contributed by atoms with Gasteiger partial charge >= 0.3 is 0 Å². The molecule has 3 aromatic carbocycles. The van der Waals surface area contributed by atoms with Crippen molar-refractivity contribution in [2.45, 2.75) is 19.8 Å². The molecule has 31 heavy (non-hydrogen) atoms. The van der Waals surface area contributed by atoms with Gasteiger partial charge in [0, 0.05) is 15.6 Å². The molecule has 0 aromatic heterocycles. The largest absolute Gasteiger partial charge is 0.493 e.